The summed E-state index contributed by atoms with van der Waals surface area (Å²) in [5.41, 5.74) is -0.689. The number of aliphatic hydroxyl groups is 1. The summed E-state index contributed by atoms with van der Waals surface area (Å²) in [5, 5.41) is 8.76. The van der Waals surface area contributed by atoms with Crippen LogP contribution in [-0.2, 0) is 4.74 Å². The zero-order chi connectivity index (χ0) is 9.78. The van der Waals surface area contributed by atoms with Gasteiger partial charge in [0, 0.05) is 7.05 Å². The Balaban J connectivity index is 0.000000561. The van der Waals surface area contributed by atoms with Crippen molar-refractivity contribution in [2.45, 2.75) is 26.4 Å². The average Bonchev–Trinajstić information content (AvgIpc) is 2.32. The van der Waals surface area contributed by atoms with Gasteiger partial charge in [-0.1, -0.05) is 13.8 Å². The van der Waals surface area contributed by atoms with Crippen molar-refractivity contribution in [1.29, 1.82) is 0 Å². The number of aliphatic hydroxyl groups excluding tert-OH is 1. The molecule has 1 fully saturated rings. The molecule has 0 aliphatic carbocycles. The molecule has 0 aromatic heterocycles. The predicted molar refractivity (Wildman–Crippen MR) is 45.9 cm³/mol. The van der Waals surface area contributed by atoms with E-state index >= 15 is 0 Å². The van der Waals surface area contributed by atoms with Crippen LogP contribution in [0.5, 0.6) is 0 Å². The first-order valence-electron chi connectivity index (χ1n) is 4.12. The number of nitrogens with zero attached hydrogens (tertiary/aromatic N) is 1. The van der Waals surface area contributed by atoms with Crippen LogP contribution in [0.1, 0.15) is 20.8 Å². The number of rotatable bonds is 1. The molecule has 0 aromatic rings. The molecule has 12 heavy (non-hydrogen) atoms. The fourth-order valence-electron chi connectivity index (χ4n) is 0.970. The lowest BCUT2D eigenvalue weighted by Crippen LogP contribution is -2.33. The van der Waals surface area contributed by atoms with E-state index in [1.54, 1.807) is 14.0 Å². The molecule has 1 amide bonds. The number of amides is 1. The molecule has 0 spiro atoms. The van der Waals surface area contributed by atoms with Crippen LogP contribution in [0.4, 0.5) is 4.79 Å². The van der Waals surface area contributed by atoms with Crippen LogP contribution in [0.25, 0.3) is 0 Å². The summed E-state index contributed by atoms with van der Waals surface area (Å²) in [6.07, 6.45) is -0.364. The first-order chi connectivity index (χ1) is 5.57. The van der Waals surface area contributed by atoms with Crippen LogP contribution in [0.3, 0.4) is 0 Å². The lowest BCUT2D eigenvalue weighted by molar-refractivity contribution is 0.0219. The molecule has 1 aliphatic rings. The van der Waals surface area contributed by atoms with Crippen LogP contribution in [0, 0.1) is 0 Å². The molecule has 1 saturated heterocycles. The van der Waals surface area contributed by atoms with E-state index in [4.69, 9.17) is 9.84 Å². The Morgan fingerprint density at radius 1 is 1.67 bits per heavy atom. The molecule has 1 atom stereocenters. The normalized spacial score (nSPS) is 27.8. The summed E-state index contributed by atoms with van der Waals surface area (Å²) in [6, 6.07) is 0. The fraction of sp³-hybridized carbons (Fsp3) is 0.875. The van der Waals surface area contributed by atoms with Gasteiger partial charge in [-0.2, -0.15) is 0 Å². The molecule has 0 bridgehead atoms. The van der Waals surface area contributed by atoms with Gasteiger partial charge in [0.15, 0.2) is 5.60 Å². The monoisotopic (exact) mass is 175 g/mol. The Morgan fingerprint density at radius 2 is 2.17 bits per heavy atom. The summed E-state index contributed by atoms with van der Waals surface area (Å²) in [5.74, 6) is 0. The first-order valence-corrected chi connectivity index (χ1v) is 4.12. The van der Waals surface area contributed by atoms with Gasteiger partial charge in [-0.25, -0.2) is 4.79 Å². The van der Waals surface area contributed by atoms with Gasteiger partial charge in [0.05, 0.1) is 13.2 Å². The second-order valence-electron chi connectivity index (χ2n) is 2.83. The molecule has 0 aromatic carbocycles. The van der Waals surface area contributed by atoms with Crippen molar-refractivity contribution in [3.63, 3.8) is 0 Å². The third kappa shape index (κ3) is 2.37. The zero-order valence-corrected chi connectivity index (χ0v) is 8.13. The topological polar surface area (TPSA) is 49.8 Å². The summed E-state index contributed by atoms with van der Waals surface area (Å²) in [6.45, 7) is 6.04. The number of hydrogen-bond donors (Lipinski definition) is 1. The van der Waals surface area contributed by atoms with Crippen LogP contribution >= 0.6 is 0 Å². The fourth-order valence-corrected chi connectivity index (χ4v) is 0.970. The van der Waals surface area contributed by atoms with Gasteiger partial charge in [0.1, 0.15) is 0 Å². The van der Waals surface area contributed by atoms with E-state index in [0.717, 1.165) is 0 Å². The third-order valence-corrected chi connectivity index (χ3v) is 1.55. The number of cyclic esters (lactones) is 1. The van der Waals surface area contributed by atoms with E-state index in [2.05, 4.69) is 0 Å². The van der Waals surface area contributed by atoms with Crippen molar-refractivity contribution in [2.75, 3.05) is 20.2 Å². The molecule has 0 saturated carbocycles. The highest BCUT2D eigenvalue weighted by molar-refractivity contribution is 5.70. The second-order valence-corrected chi connectivity index (χ2v) is 2.83. The van der Waals surface area contributed by atoms with Crippen LogP contribution in [-0.4, -0.2) is 41.9 Å². The number of ether oxygens (including phenoxy) is 1. The molecule has 0 radical (unpaired) electrons. The van der Waals surface area contributed by atoms with Gasteiger partial charge in [0.2, 0.25) is 0 Å². The minimum absolute atomic E-state index is 0.122. The van der Waals surface area contributed by atoms with Gasteiger partial charge in [-0.3, -0.25) is 0 Å². The van der Waals surface area contributed by atoms with Gasteiger partial charge in [0.25, 0.3) is 0 Å². The van der Waals surface area contributed by atoms with Crippen molar-refractivity contribution in [3.05, 3.63) is 0 Å². The predicted octanol–water partition coefficient (Wildman–Crippen LogP) is 0.846. The quantitative estimate of drug-likeness (QED) is 0.642. The highest BCUT2D eigenvalue weighted by Gasteiger charge is 2.38. The van der Waals surface area contributed by atoms with E-state index in [1.165, 1.54) is 4.90 Å². The molecular weight excluding hydrogens is 158 g/mol. The summed E-state index contributed by atoms with van der Waals surface area (Å²) in [4.78, 5) is 12.2. The van der Waals surface area contributed by atoms with Crippen molar-refractivity contribution >= 4 is 6.09 Å². The largest absolute Gasteiger partial charge is 0.439 e. The number of carbonyl (C=O) groups excluding carboxylic acids is 1. The number of carbonyl (C=O) groups is 1. The minimum atomic E-state index is -0.689. The lowest BCUT2D eigenvalue weighted by atomic mass is 10.1. The van der Waals surface area contributed by atoms with Crippen LogP contribution in [0.2, 0.25) is 0 Å². The molecule has 1 aliphatic heterocycles. The highest BCUT2D eigenvalue weighted by atomic mass is 16.6. The van der Waals surface area contributed by atoms with E-state index in [1.807, 2.05) is 13.8 Å². The van der Waals surface area contributed by atoms with Gasteiger partial charge < -0.3 is 14.7 Å². The highest BCUT2D eigenvalue weighted by Crippen LogP contribution is 2.19. The summed E-state index contributed by atoms with van der Waals surface area (Å²) in [7, 11) is 1.64. The van der Waals surface area contributed by atoms with Crippen molar-refractivity contribution in [1.82, 2.24) is 4.90 Å². The molecular formula is C8H17NO3. The molecule has 1 heterocycles. The Bertz CT molecular complexity index is 160. The van der Waals surface area contributed by atoms with E-state index < -0.39 is 5.60 Å². The molecule has 4 heteroatoms. The van der Waals surface area contributed by atoms with Crippen molar-refractivity contribution in [2.24, 2.45) is 0 Å². The molecule has 1 rings (SSSR count). The summed E-state index contributed by atoms with van der Waals surface area (Å²) < 4.78 is 4.85. The zero-order valence-electron chi connectivity index (χ0n) is 8.13. The Kier molecular flexibility index (Phi) is 4.03. The number of likely N-dealkylation sites (N-methyl/N-ethyl adjacent to an activating group) is 1. The third-order valence-electron chi connectivity index (χ3n) is 1.55. The maximum absolute atomic E-state index is 10.7. The van der Waals surface area contributed by atoms with E-state index in [9.17, 15) is 4.79 Å². The summed E-state index contributed by atoms with van der Waals surface area (Å²) >= 11 is 0. The van der Waals surface area contributed by atoms with Crippen molar-refractivity contribution in [3.8, 4) is 0 Å². The smallest absolute Gasteiger partial charge is 0.410 e. The Labute approximate surface area is 73.1 Å². The first kappa shape index (κ1) is 11.2. The maximum atomic E-state index is 10.7. The molecule has 72 valence electrons. The van der Waals surface area contributed by atoms with Gasteiger partial charge in [-0.15, -0.1) is 0 Å². The Morgan fingerprint density at radius 3 is 2.33 bits per heavy atom. The van der Waals surface area contributed by atoms with Crippen molar-refractivity contribution < 1.29 is 14.6 Å². The Hall–Kier alpha value is -0.770. The lowest BCUT2D eigenvalue weighted by Gasteiger charge is -2.16. The molecule has 1 N–H and O–H groups in total. The van der Waals surface area contributed by atoms with Gasteiger partial charge in [-0.05, 0) is 6.92 Å². The van der Waals surface area contributed by atoms with Gasteiger partial charge >= 0.3 is 6.09 Å². The SMILES string of the molecule is CC.CN1CC(C)(CO)OC1=O. The number of hydrogen-bond acceptors (Lipinski definition) is 3. The van der Waals surface area contributed by atoms with E-state index in [-0.39, 0.29) is 12.7 Å². The van der Waals surface area contributed by atoms with Crippen LogP contribution in [0.15, 0.2) is 0 Å². The molecule has 4 nitrogen and oxygen atoms in total. The average molecular weight is 175 g/mol. The van der Waals surface area contributed by atoms with Crippen LogP contribution < -0.4 is 0 Å². The van der Waals surface area contributed by atoms with E-state index in [0.29, 0.717) is 6.54 Å². The standard InChI is InChI=1S/C6H11NO3.C2H6/c1-6(4-8)3-7(2)5(9)10-6;1-2/h8H,3-4H2,1-2H3;1-2H3. The maximum Gasteiger partial charge on any atom is 0.410 e. The molecule has 1 unspecified atom stereocenters. The second kappa shape index (κ2) is 4.30. The minimum Gasteiger partial charge on any atom is -0.439 e.